The zero-order valence-corrected chi connectivity index (χ0v) is 9.46. The number of rotatable bonds is 4. The molecule has 4 nitrogen and oxygen atoms in total. The summed E-state index contributed by atoms with van der Waals surface area (Å²) in [6.07, 6.45) is 0.645. The standard InChI is InChI=1S/C11H13ClN2O2/c12-7-4-8-13-10(15)11(16)14-9-5-2-1-3-6-9/h1-3,5-6H,4,7-8H2,(H,13,15)(H,14,16). The minimum absolute atomic E-state index is 0.407. The number of halogens is 1. The summed E-state index contributed by atoms with van der Waals surface area (Å²) >= 11 is 5.44. The summed E-state index contributed by atoms with van der Waals surface area (Å²) in [5.74, 6) is -0.852. The van der Waals surface area contributed by atoms with Gasteiger partial charge in [-0.2, -0.15) is 0 Å². The predicted molar refractivity (Wildman–Crippen MR) is 63.4 cm³/mol. The maximum atomic E-state index is 11.4. The maximum absolute atomic E-state index is 11.4. The smallest absolute Gasteiger partial charge is 0.313 e. The van der Waals surface area contributed by atoms with E-state index in [1.165, 1.54) is 0 Å². The predicted octanol–water partition coefficient (Wildman–Crippen LogP) is 1.37. The first kappa shape index (κ1) is 12.5. The van der Waals surface area contributed by atoms with E-state index in [4.69, 9.17) is 11.6 Å². The number of alkyl halides is 1. The largest absolute Gasteiger partial charge is 0.348 e. The molecule has 16 heavy (non-hydrogen) atoms. The lowest BCUT2D eigenvalue weighted by Gasteiger charge is -2.05. The van der Waals surface area contributed by atoms with Crippen molar-refractivity contribution in [1.82, 2.24) is 5.32 Å². The van der Waals surface area contributed by atoms with E-state index in [9.17, 15) is 9.59 Å². The summed E-state index contributed by atoms with van der Waals surface area (Å²) in [6, 6.07) is 8.81. The second-order valence-electron chi connectivity index (χ2n) is 3.12. The third-order valence-electron chi connectivity index (χ3n) is 1.83. The first-order valence-corrected chi connectivity index (χ1v) is 5.47. The minimum Gasteiger partial charge on any atom is -0.348 e. The van der Waals surface area contributed by atoms with Crippen molar-refractivity contribution < 1.29 is 9.59 Å². The average Bonchev–Trinajstić information content (AvgIpc) is 2.30. The Hall–Kier alpha value is -1.55. The number of amides is 2. The zero-order valence-electron chi connectivity index (χ0n) is 8.70. The quantitative estimate of drug-likeness (QED) is 0.475. The lowest BCUT2D eigenvalue weighted by Crippen LogP contribution is -2.35. The van der Waals surface area contributed by atoms with E-state index in [0.29, 0.717) is 24.5 Å². The number of hydrogen-bond donors (Lipinski definition) is 2. The van der Waals surface area contributed by atoms with Crippen molar-refractivity contribution in [2.75, 3.05) is 17.7 Å². The topological polar surface area (TPSA) is 58.2 Å². The molecule has 0 saturated heterocycles. The van der Waals surface area contributed by atoms with Crippen LogP contribution in [0.3, 0.4) is 0 Å². The summed E-state index contributed by atoms with van der Waals surface area (Å²) in [7, 11) is 0. The number of benzene rings is 1. The molecule has 0 fully saturated rings. The van der Waals surface area contributed by atoms with Gasteiger partial charge in [-0.25, -0.2) is 0 Å². The normalized spacial score (nSPS) is 9.56. The van der Waals surface area contributed by atoms with Gasteiger partial charge in [-0.1, -0.05) is 18.2 Å². The van der Waals surface area contributed by atoms with Crippen molar-refractivity contribution in [3.05, 3.63) is 30.3 Å². The molecule has 86 valence electrons. The second-order valence-corrected chi connectivity index (χ2v) is 3.50. The second kappa shape index (κ2) is 6.85. The summed E-state index contributed by atoms with van der Waals surface area (Å²) in [4.78, 5) is 22.6. The van der Waals surface area contributed by atoms with E-state index >= 15 is 0 Å². The summed E-state index contributed by atoms with van der Waals surface area (Å²) < 4.78 is 0. The Morgan fingerprint density at radius 3 is 2.44 bits per heavy atom. The van der Waals surface area contributed by atoms with Crippen LogP contribution in [0.15, 0.2) is 30.3 Å². The summed E-state index contributed by atoms with van der Waals surface area (Å²) in [6.45, 7) is 0.407. The van der Waals surface area contributed by atoms with Gasteiger partial charge >= 0.3 is 11.8 Å². The molecule has 0 aliphatic carbocycles. The fraction of sp³-hybridized carbons (Fsp3) is 0.273. The van der Waals surface area contributed by atoms with Crippen LogP contribution in [0.2, 0.25) is 0 Å². The van der Waals surface area contributed by atoms with Crippen molar-refractivity contribution in [2.24, 2.45) is 0 Å². The molecule has 0 unspecified atom stereocenters. The van der Waals surface area contributed by atoms with Crippen LogP contribution in [0.1, 0.15) is 6.42 Å². The van der Waals surface area contributed by atoms with Gasteiger partial charge in [-0.3, -0.25) is 9.59 Å². The highest BCUT2D eigenvalue weighted by Crippen LogP contribution is 2.04. The van der Waals surface area contributed by atoms with Crippen molar-refractivity contribution in [3.8, 4) is 0 Å². The molecule has 1 aromatic rings. The van der Waals surface area contributed by atoms with Crippen molar-refractivity contribution in [2.45, 2.75) is 6.42 Å². The number of carbonyl (C=O) groups excluding carboxylic acids is 2. The maximum Gasteiger partial charge on any atom is 0.313 e. The van der Waals surface area contributed by atoms with E-state index in [1.54, 1.807) is 24.3 Å². The molecule has 0 radical (unpaired) electrons. The van der Waals surface area contributed by atoms with E-state index in [2.05, 4.69) is 10.6 Å². The number of para-hydroxylation sites is 1. The highest BCUT2D eigenvalue weighted by molar-refractivity contribution is 6.39. The Bertz CT molecular complexity index is 354. The first-order chi connectivity index (χ1) is 7.74. The van der Waals surface area contributed by atoms with Crippen molar-refractivity contribution in [3.63, 3.8) is 0 Å². The van der Waals surface area contributed by atoms with Gasteiger partial charge in [0, 0.05) is 18.1 Å². The molecule has 0 bridgehead atoms. The molecule has 2 N–H and O–H groups in total. The third kappa shape index (κ3) is 4.31. The lowest BCUT2D eigenvalue weighted by molar-refractivity contribution is -0.136. The molecular weight excluding hydrogens is 228 g/mol. The van der Waals surface area contributed by atoms with E-state index < -0.39 is 11.8 Å². The van der Waals surface area contributed by atoms with Crippen LogP contribution in [-0.2, 0) is 9.59 Å². The van der Waals surface area contributed by atoms with Crippen LogP contribution in [-0.4, -0.2) is 24.2 Å². The Kier molecular flexibility index (Phi) is 5.36. The molecule has 5 heteroatoms. The van der Waals surface area contributed by atoms with Crippen LogP contribution < -0.4 is 10.6 Å². The van der Waals surface area contributed by atoms with Crippen LogP contribution in [0.4, 0.5) is 5.69 Å². The molecule has 0 aliphatic heterocycles. The van der Waals surface area contributed by atoms with Gasteiger partial charge in [0.1, 0.15) is 0 Å². The highest BCUT2D eigenvalue weighted by atomic mass is 35.5. The molecule has 0 saturated carbocycles. The van der Waals surface area contributed by atoms with Gasteiger partial charge in [0.05, 0.1) is 0 Å². The van der Waals surface area contributed by atoms with Crippen LogP contribution in [0, 0.1) is 0 Å². The van der Waals surface area contributed by atoms with Gasteiger partial charge < -0.3 is 10.6 Å². The minimum atomic E-state index is -0.666. The van der Waals surface area contributed by atoms with Gasteiger partial charge in [-0.05, 0) is 18.6 Å². The van der Waals surface area contributed by atoms with Gasteiger partial charge in [0.25, 0.3) is 0 Å². The number of carbonyl (C=O) groups is 2. The Morgan fingerprint density at radius 1 is 1.12 bits per heavy atom. The molecule has 0 aromatic heterocycles. The third-order valence-corrected chi connectivity index (χ3v) is 2.10. The number of anilines is 1. The molecule has 2 amide bonds. The fourth-order valence-electron chi connectivity index (χ4n) is 1.06. The van der Waals surface area contributed by atoms with Crippen LogP contribution in [0.25, 0.3) is 0 Å². The lowest BCUT2D eigenvalue weighted by atomic mass is 10.3. The van der Waals surface area contributed by atoms with Gasteiger partial charge in [-0.15, -0.1) is 11.6 Å². The monoisotopic (exact) mass is 240 g/mol. The molecule has 1 aromatic carbocycles. The van der Waals surface area contributed by atoms with E-state index in [0.717, 1.165) is 0 Å². The molecule has 1 rings (SSSR count). The zero-order chi connectivity index (χ0) is 11.8. The Morgan fingerprint density at radius 2 is 1.81 bits per heavy atom. The van der Waals surface area contributed by atoms with E-state index in [1.807, 2.05) is 6.07 Å². The van der Waals surface area contributed by atoms with Crippen molar-refractivity contribution >= 4 is 29.1 Å². The van der Waals surface area contributed by atoms with E-state index in [-0.39, 0.29) is 0 Å². The summed E-state index contributed by atoms with van der Waals surface area (Å²) in [5, 5.41) is 4.95. The van der Waals surface area contributed by atoms with Crippen LogP contribution >= 0.6 is 11.6 Å². The summed E-state index contributed by atoms with van der Waals surface area (Å²) in [5.41, 5.74) is 0.597. The average molecular weight is 241 g/mol. The van der Waals surface area contributed by atoms with Gasteiger partial charge in [0.2, 0.25) is 0 Å². The Labute approximate surface area is 99.0 Å². The highest BCUT2D eigenvalue weighted by Gasteiger charge is 2.12. The van der Waals surface area contributed by atoms with Gasteiger partial charge in [0.15, 0.2) is 0 Å². The molecule has 0 aliphatic rings. The molecule has 0 spiro atoms. The Balaban J connectivity index is 2.38. The van der Waals surface area contributed by atoms with Crippen molar-refractivity contribution in [1.29, 1.82) is 0 Å². The number of nitrogens with one attached hydrogen (secondary N) is 2. The fourth-order valence-corrected chi connectivity index (χ4v) is 1.19. The van der Waals surface area contributed by atoms with Crippen LogP contribution in [0.5, 0.6) is 0 Å². The molecule has 0 atom stereocenters. The number of hydrogen-bond acceptors (Lipinski definition) is 2. The SMILES string of the molecule is O=C(NCCCCl)C(=O)Nc1ccccc1. The molecule has 0 heterocycles. The molecular formula is C11H13ClN2O2. The first-order valence-electron chi connectivity index (χ1n) is 4.94.